The van der Waals surface area contributed by atoms with E-state index in [-0.39, 0.29) is 36.9 Å². The molecule has 0 spiro atoms. The molecule has 208 valence electrons. The van der Waals surface area contributed by atoms with Crippen LogP contribution in [0, 0.1) is 11.7 Å². The number of carbonyl (C=O) groups excluding carboxylic acids is 2. The Labute approximate surface area is 224 Å². The van der Waals surface area contributed by atoms with Gasteiger partial charge in [0.1, 0.15) is 17.5 Å². The van der Waals surface area contributed by atoms with E-state index in [9.17, 15) is 23.6 Å². The number of halogens is 1. The Morgan fingerprint density at radius 2 is 2.03 bits per heavy atom. The highest BCUT2D eigenvalue weighted by Gasteiger charge is 2.21. The number of aromatic amines is 1. The van der Waals surface area contributed by atoms with Gasteiger partial charge in [0, 0.05) is 31.5 Å². The summed E-state index contributed by atoms with van der Waals surface area (Å²) in [6.07, 6.45) is 5.09. The van der Waals surface area contributed by atoms with E-state index in [0.717, 1.165) is 0 Å². The van der Waals surface area contributed by atoms with Crippen molar-refractivity contribution in [3.8, 4) is 0 Å². The van der Waals surface area contributed by atoms with Crippen molar-refractivity contribution in [2.24, 2.45) is 5.92 Å². The van der Waals surface area contributed by atoms with Gasteiger partial charge in [0.05, 0.1) is 23.8 Å². The summed E-state index contributed by atoms with van der Waals surface area (Å²) in [5.74, 6) is -1.10. The van der Waals surface area contributed by atoms with E-state index in [2.05, 4.69) is 20.6 Å². The maximum Gasteiger partial charge on any atom is 0.405 e. The number of allylic oxidation sites excluding steroid dienone is 1. The molecule has 0 aliphatic rings. The summed E-state index contributed by atoms with van der Waals surface area (Å²) in [4.78, 5) is 57.5. The fourth-order valence-electron chi connectivity index (χ4n) is 4.02. The largest absolute Gasteiger partial charge is 0.465 e. The van der Waals surface area contributed by atoms with Crippen LogP contribution < -0.4 is 16.2 Å². The lowest BCUT2D eigenvalue weighted by atomic mass is 10.0. The van der Waals surface area contributed by atoms with E-state index in [4.69, 9.17) is 5.11 Å². The molecule has 3 aromatic heterocycles. The molecule has 0 radical (unpaired) electrons. The number of pyridine rings is 2. The molecule has 0 saturated heterocycles. The quantitative estimate of drug-likeness (QED) is 0.275. The molecule has 1 unspecified atom stereocenters. The van der Waals surface area contributed by atoms with Crippen molar-refractivity contribution in [3.63, 3.8) is 0 Å². The number of carbonyl (C=O) groups is 3. The van der Waals surface area contributed by atoms with Crippen molar-refractivity contribution in [1.82, 2.24) is 24.8 Å². The molecule has 39 heavy (non-hydrogen) atoms. The van der Waals surface area contributed by atoms with Crippen LogP contribution in [0.15, 0.2) is 47.5 Å². The average Bonchev–Trinajstić information content (AvgIpc) is 3.27. The van der Waals surface area contributed by atoms with Crippen molar-refractivity contribution in [1.29, 1.82) is 0 Å². The smallest absolute Gasteiger partial charge is 0.405 e. The third kappa shape index (κ3) is 7.76. The highest BCUT2D eigenvalue weighted by molar-refractivity contribution is 5.96. The molecule has 1 atom stereocenters. The number of fused-ring (bicyclic) bond motifs is 1. The predicted octanol–water partition coefficient (Wildman–Crippen LogP) is 3.11. The molecule has 3 aromatic rings. The number of rotatable bonds is 11. The number of aromatic nitrogens is 3. The number of likely N-dealkylation sites (N-methyl/N-ethyl adjacent to an activating group) is 1. The van der Waals surface area contributed by atoms with Crippen molar-refractivity contribution < 1.29 is 23.9 Å². The Kier molecular flexibility index (Phi) is 9.58. The van der Waals surface area contributed by atoms with Gasteiger partial charge in [-0.05, 0) is 49.5 Å². The van der Waals surface area contributed by atoms with Crippen LogP contribution in [0.3, 0.4) is 0 Å². The number of nitrogens with one attached hydrogen (secondary N) is 3. The van der Waals surface area contributed by atoms with Gasteiger partial charge in [-0.3, -0.25) is 19.4 Å². The predicted molar refractivity (Wildman–Crippen MR) is 145 cm³/mol. The van der Waals surface area contributed by atoms with Crippen LogP contribution in [0.25, 0.3) is 11.0 Å². The number of amides is 3. The highest BCUT2D eigenvalue weighted by Crippen LogP contribution is 2.23. The first kappa shape index (κ1) is 29.1. The minimum atomic E-state index is -1.39. The van der Waals surface area contributed by atoms with E-state index < -0.39 is 29.4 Å². The van der Waals surface area contributed by atoms with Crippen LogP contribution in [-0.2, 0) is 22.6 Å². The Morgan fingerprint density at radius 1 is 1.28 bits per heavy atom. The standard InChI is InChI=1S/C27H33FN6O5/c1-16(2)12-18-19(28)14-29-22-13-17(30-24(18)22)15-34-11-7-9-21(26(34)37)31-25(36)20(32-27(38)39)8-5-6-10-23(35)33(3)4/h6-7,9-11,13-14,16,20,30,32H,5,8,12,15H2,1-4H3,(H,31,36)(H,38,39). The average molecular weight is 541 g/mol. The lowest BCUT2D eigenvalue weighted by molar-refractivity contribution is -0.123. The molecule has 11 nitrogen and oxygen atoms in total. The monoisotopic (exact) mass is 540 g/mol. The molecule has 0 aliphatic carbocycles. The Morgan fingerprint density at radius 3 is 2.69 bits per heavy atom. The topological polar surface area (TPSA) is 149 Å². The van der Waals surface area contributed by atoms with Crippen LogP contribution in [-0.4, -0.2) is 62.6 Å². The SMILES string of the molecule is CC(C)Cc1c(F)cnc2cc(Cn3cccc(NC(=O)C(CCC=CC(=O)N(C)C)NC(=O)O)c3=O)[nH]c12. The zero-order valence-electron chi connectivity index (χ0n) is 22.3. The van der Waals surface area contributed by atoms with Gasteiger partial charge in [-0.1, -0.05) is 19.9 Å². The summed E-state index contributed by atoms with van der Waals surface area (Å²) >= 11 is 0. The number of nitrogens with zero attached hydrogens (tertiary/aromatic N) is 3. The Bertz CT molecular complexity index is 1440. The zero-order chi connectivity index (χ0) is 28.7. The molecule has 0 aromatic carbocycles. The first-order valence-corrected chi connectivity index (χ1v) is 12.5. The summed E-state index contributed by atoms with van der Waals surface area (Å²) in [6.45, 7) is 4.10. The van der Waals surface area contributed by atoms with Crippen molar-refractivity contribution in [3.05, 3.63) is 70.2 Å². The van der Waals surface area contributed by atoms with E-state index in [1.165, 1.54) is 27.8 Å². The Hall–Kier alpha value is -4.48. The molecule has 12 heteroatoms. The summed E-state index contributed by atoms with van der Waals surface area (Å²) < 4.78 is 15.8. The van der Waals surface area contributed by atoms with Gasteiger partial charge in [0.25, 0.3) is 5.56 Å². The van der Waals surface area contributed by atoms with Crippen LogP contribution in [0.1, 0.15) is 37.9 Å². The fourth-order valence-corrected chi connectivity index (χ4v) is 4.02. The molecule has 0 aliphatic heterocycles. The van der Waals surface area contributed by atoms with Gasteiger partial charge in [0.15, 0.2) is 0 Å². The Balaban J connectivity index is 1.77. The molecular weight excluding hydrogens is 507 g/mol. The van der Waals surface area contributed by atoms with Crippen LogP contribution in [0.4, 0.5) is 14.9 Å². The number of carboxylic acid groups (broad SMARTS) is 1. The first-order valence-electron chi connectivity index (χ1n) is 12.5. The summed E-state index contributed by atoms with van der Waals surface area (Å²) in [5.41, 5.74) is 1.80. The van der Waals surface area contributed by atoms with Gasteiger partial charge in [-0.15, -0.1) is 0 Å². The molecule has 0 bridgehead atoms. The second kappa shape index (κ2) is 12.9. The zero-order valence-corrected chi connectivity index (χ0v) is 22.3. The van der Waals surface area contributed by atoms with Crippen LogP contribution >= 0.6 is 0 Å². The number of hydrogen-bond donors (Lipinski definition) is 4. The van der Waals surface area contributed by atoms with Gasteiger partial charge >= 0.3 is 6.09 Å². The number of H-pyrrole nitrogens is 1. The first-order chi connectivity index (χ1) is 18.5. The second-order valence-corrected chi connectivity index (χ2v) is 9.80. The second-order valence-electron chi connectivity index (χ2n) is 9.80. The summed E-state index contributed by atoms with van der Waals surface area (Å²) in [6, 6.07) is 3.60. The summed E-state index contributed by atoms with van der Waals surface area (Å²) in [5, 5.41) is 13.8. The van der Waals surface area contributed by atoms with Crippen LogP contribution in [0.5, 0.6) is 0 Å². The normalized spacial score (nSPS) is 12.2. The van der Waals surface area contributed by atoms with Gasteiger partial charge in [-0.2, -0.15) is 0 Å². The molecule has 4 N–H and O–H groups in total. The van der Waals surface area contributed by atoms with E-state index in [1.807, 2.05) is 13.8 Å². The molecule has 3 rings (SSSR count). The molecule has 0 saturated carbocycles. The van der Waals surface area contributed by atoms with Gasteiger partial charge in [0.2, 0.25) is 11.8 Å². The van der Waals surface area contributed by atoms with Crippen molar-refractivity contribution in [2.45, 2.75) is 45.7 Å². The maximum absolute atomic E-state index is 14.4. The highest BCUT2D eigenvalue weighted by atomic mass is 19.1. The van der Waals surface area contributed by atoms with Gasteiger partial charge in [-0.25, -0.2) is 9.18 Å². The lowest BCUT2D eigenvalue weighted by Gasteiger charge is -2.16. The minimum absolute atomic E-state index is 0.0289. The number of anilines is 1. The minimum Gasteiger partial charge on any atom is -0.465 e. The van der Waals surface area contributed by atoms with Crippen molar-refractivity contribution in [2.75, 3.05) is 19.4 Å². The maximum atomic E-state index is 14.4. The van der Waals surface area contributed by atoms with E-state index >= 15 is 0 Å². The molecule has 3 amide bonds. The fraction of sp³-hybridized carbons (Fsp3) is 0.370. The molecule has 0 fully saturated rings. The van der Waals surface area contributed by atoms with Crippen LogP contribution in [0.2, 0.25) is 0 Å². The molecular formula is C27H33FN6O5. The molecule has 3 heterocycles. The van der Waals surface area contributed by atoms with Crippen molar-refractivity contribution >= 4 is 34.6 Å². The summed E-state index contributed by atoms with van der Waals surface area (Å²) in [7, 11) is 3.20. The van der Waals surface area contributed by atoms with E-state index in [0.29, 0.717) is 28.7 Å². The number of hydrogen-bond acceptors (Lipinski definition) is 5. The lowest BCUT2D eigenvalue weighted by Crippen LogP contribution is -2.44. The third-order valence-electron chi connectivity index (χ3n) is 5.93. The van der Waals surface area contributed by atoms with Gasteiger partial charge < -0.3 is 30.2 Å². The third-order valence-corrected chi connectivity index (χ3v) is 5.93. The van der Waals surface area contributed by atoms with E-state index in [1.54, 1.807) is 38.5 Å².